The second-order valence-electron chi connectivity index (χ2n) is 7.76. The first-order chi connectivity index (χ1) is 10.0. The minimum Gasteiger partial charge on any atom is -0.0843 e. The molecule has 21 heavy (non-hydrogen) atoms. The molecule has 114 valence electrons. The van der Waals surface area contributed by atoms with Crippen molar-refractivity contribution in [1.82, 2.24) is 0 Å². The molecular formula is C18H21BrCl2. The van der Waals surface area contributed by atoms with Crippen LogP contribution in [-0.4, -0.2) is 0 Å². The van der Waals surface area contributed by atoms with Crippen LogP contribution in [0.2, 0.25) is 10.0 Å². The summed E-state index contributed by atoms with van der Waals surface area (Å²) in [5.74, 6) is 3.02. The predicted molar refractivity (Wildman–Crippen MR) is 93.4 cm³/mol. The zero-order valence-electron chi connectivity index (χ0n) is 12.1. The maximum Gasteiger partial charge on any atom is 0.0450 e. The Labute approximate surface area is 145 Å². The van der Waals surface area contributed by atoms with Crippen LogP contribution in [0.4, 0.5) is 0 Å². The van der Waals surface area contributed by atoms with Crippen molar-refractivity contribution in [3.63, 3.8) is 0 Å². The Bertz CT molecular complexity index is 519. The number of benzene rings is 1. The summed E-state index contributed by atoms with van der Waals surface area (Å²) in [4.78, 5) is 0.333. The molecule has 3 heteroatoms. The van der Waals surface area contributed by atoms with E-state index in [4.69, 9.17) is 23.2 Å². The van der Waals surface area contributed by atoms with Gasteiger partial charge in [-0.15, -0.1) is 0 Å². The van der Waals surface area contributed by atoms with Crippen LogP contribution in [0.5, 0.6) is 0 Å². The summed E-state index contributed by atoms with van der Waals surface area (Å²) in [6.07, 6.45) is 10.1. The van der Waals surface area contributed by atoms with Crippen LogP contribution in [0, 0.1) is 23.2 Å². The van der Waals surface area contributed by atoms with E-state index in [9.17, 15) is 0 Å². The average Bonchev–Trinajstić information content (AvgIpc) is 2.39. The monoisotopic (exact) mass is 386 g/mol. The van der Waals surface area contributed by atoms with Crippen molar-refractivity contribution >= 4 is 39.1 Å². The second kappa shape index (κ2) is 5.42. The zero-order chi connectivity index (χ0) is 14.6. The number of hydrogen-bond donors (Lipinski definition) is 0. The van der Waals surface area contributed by atoms with E-state index >= 15 is 0 Å². The highest BCUT2D eigenvalue weighted by Gasteiger charge is 2.51. The third-order valence-electron chi connectivity index (χ3n) is 6.07. The highest BCUT2D eigenvalue weighted by atomic mass is 79.9. The third kappa shape index (κ3) is 2.79. The molecule has 0 amide bonds. The highest BCUT2D eigenvalue weighted by molar-refractivity contribution is 9.09. The van der Waals surface area contributed by atoms with Gasteiger partial charge in [-0.2, -0.15) is 0 Å². The van der Waals surface area contributed by atoms with Gasteiger partial charge in [0.05, 0.1) is 0 Å². The Hall–Kier alpha value is 0.280. The third-order valence-corrected chi connectivity index (χ3v) is 7.47. The average molecular weight is 388 g/mol. The smallest absolute Gasteiger partial charge is 0.0450 e. The Balaban J connectivity index is 1.56. The Morgan fingerprint density at radius 2 is 1.62 bits per heavy atom. The summed E-state index contributed by atoms with van der Waals surface area (Å²) in [6.45, 7) is 0. The molecule has 4 fully saturated rings. The number of alkyl halides is 1. The molecule has 1 unspecified atom stereocenters. The molecule has 4 saturated carbocycles. The molecule has 0 heterocycles. The number of rotatable bonds is 3. The van der Waals surface area contributed by atoms with E-state index in [2.05, 4.69) is 15.9 Å². The van der Waals surface area contributed by atoms with Crippen LogP contribution in [0.25, 0.3) is 0 Å². The summed E-state index contributed by atoms with van der Waals surface area (Å²) in [7, 11) is 0. The molecule has 4 bridgehead atoms. The van der Waals surface area contributed by atoms with Gasteiger partial charge in [-0.3, -0.25) is 0 Å². The quantitative estimate of drug-likeness (QED) is 0.488. The maximum absolute atomic E-state index is 6.39. The summed E-state index contributed by atoms with van der Waals surface area (Å²) >= 11 is 16.5. The molecule has 0 aliphatic heterocycles. The van der Waals surface area contributed by atoms with Crippen molar-refractivity contribution in [3.8, 4) is 0 Å². The van der Waals surface area contributed by atoms with Gasteiger partial charge in [-0.1, -0.05) is 39.1 Å². The second-order valence-corrected chi connectivity index (χ2v) is 9.70. The molecule has 0 radical (unpaired) electrons. The highest BCUT2D eigenvalue weighted by Crippen LogP contribution is 2.63. The molecule has 0 aromatic heterocycles. The normalized spacial score (nSPS) is 38.7. The Morgan fingerprint density at radius 3 is 2.19 bits per heavy atom. The lowest BCUT2D eigenvalue weighted by Gasteiger charge is -2.57. The summed E-state index contributed by atoms with van der Waals surface area (Å²) in [5.41, 5.74) is 1.73. The first kappa shape index (κ1) is 14.8. The van der Waals surface area contributed by atoms with Crippen molar-refractivity contribution in [3.05, 3.63) is 33.8 Å². The van der Waals surface area contributed by atoms with E-state index < -0.39 is 0 Å². The molecular weight excluding hydrogens is 367 g/mol. The van der Waals surface area contributed by atoms with Crippen LogP contribution >= 0.6 is 39.1 Å². The number of hydrogen-bond acceptors (Lipinski definition) is 0. The van der Waals surface area contributed by atoms with Crippen LogP contribution in [0.15, 0.2) is 18.2 Å². The van der Waals surface area contributed by atoms with Crippen LogP contribution in [0.3, 0.4) is 0 Å². The fourth-order valence-electron chi connectivity index (χ4n) is 5.78. The molecule has 0 N–H and O–H groups in total. The molecule has 4 aliphatic carbocycles. The van der Waals surface area contributed by atoms with Crippen molar-refractivity contribution in [1.29, 1.82) is 0 Å². The van der Waals surface area contributed by atoms with Gasteiger partial charge in [-0.05, 0) is 91.9 Å². The maximum atomic E-state index is 6.39. The van der Waals surface area contributed by atoms with Crippen molar-refractivity contribution in [2.45, 2.75) is 49.8 Å². The van der Waals surface area contributed by atoms with E-state index in [-0.39, 0.29) is 0 Å². The zero-order valence-corrected chi connectivity index (χ0v) is 15.2. The largest absolute Gasteiger partial charge is 0.0843 e. The van der Waals surface area contributed by atoms with Crippen molar-refractivity contribution in [2.75, 3.05) is 0 Å². The number of halogens is 3. The Kier molecular flexibility index (Phi) is 3.83. The van der Waals surface area contributed by atoms with Crippen LogP contribution in [-0.2, 0) is 0 Å². The molecule has 0 spiro atoms. The van der Waals surface area contributed by atoms with Crippen LogP contribution < -0.4 is 0 Å². The van der Waals surface area contributed by atoms with E-state index in [0.29, 0.717) is 10.2 Å². The fourth-order valence-corrected chi connectivity index (χ4v) is 7.41. The fraction of sp³-hybridized carbons (Fsp3) is 0.667. The molecule has 4 aliphatic rings. The summed E-state index contributed by atoms with van der Waals surface area (Å²) in [5, 5.41) is 1.62. The van der Waals surface area contributed by atoms with E-state index in [1.54, 1.807) is 0 Å². The van der Waals surface area contributed by atoms with Gasteiger partial charge < -0.3 is 0 Å². The molecule has 5 rings (SSSR count). The first-order valence-corrected chi connectivity index (χ1v) is 9.79. The van der Waals surface area contributed by atoms with Crippen LogP contribution in [0.1, 0.15) is 55.3 Å². The lowest BCUT2D eigenvalue weighted by atomic mass is 9.48. The first-order valence-electron chi connectivity index (χ1n) is 8.12. The van der Waals surface area contributed by atoms with Gasteiger partial charge >= 0.3 is 0 Å². The molecule has 1 atom stereocenters. The summed E-state index contributed by atoms with van der Waals surface area (Å²) in [6, 6.07) is 5.83. The molecule has 1 aromatic carbocycles. The van der Waals surface area contributed by atoms with Gasteiger partial charge in [0.2, 0.25) is 0 Å². The topological polar surface area (TPSA) is 0 Å². The van der Waals surface area contributed by atoms with Gasteiger partial charge in [0.1, 0.15) is 0 Å². The van der Waals surface area contributed by atoms with Gasteiger partial charge in [-0.25, -0.2) is 0 Å². The molecule has 0 nitrogen and oxygen atoms in total. The van der Waals surface area contributed by atoms with Gasteiger partial charge in [0, 0.05) is 14.9 Å². The molecule has 0 saturated heterocycles. The van der Waals surface area contributed by atoms with E-state index in [1.165, 1.54) is 50.5 Å². The lowest BCUT2D eigenvalue weighted by molar-refractivity contribution is -0.0571. The lowest BCUT2D eigenvalue weighted by Crippen LogP contribution is -2.46. The van der Waals surface area contributed by atoms with Crippen molar-refractivity contribution < 1.29 is 0 Å². The van der Waals surface area contributed by atoms with Gasteiger partial charge in [0.25, 0.3) is 0 Å². The minimum absolute atomic E-state index is 0.333. The molecule has 1 aromatic rings. The van der Waals surface area contributed by atoms with E-state index in [1.807, 2.05) is 18.2 Å². The minimum atomic E-state index is 0.333. The van der Waals surface area contributed by atoms with E-state index in [0.717, 1.165) is 27.8 Å². The summed E-state index contributed by atoms with van der Waals surface area (Å²) < 4.78 is 0. The van der Waals surface area contributed by atoms with Crippen molar-refractivity contribution in [2.24, 2.45) is 23.2 Å². The van der Waals surface area contributed by atoms with Gasteiger partial charge in [0.15, 0.2) is 0 Å². The predicted octanol–water partition coefficient (Wildman–Crippen LogP) is 7.04. The Morgan fingerprint density at radius 1 is 1.05 bits per heavy atom. The SMILES string of the molecule is Clc1ccc(Cl)c(C(Br)CC23CC4CC(CC(C4)C2)C3)c1. The standard InChI is InChI=1S/C18H21BrCl2/c19-16(15-6-14(20)1-2-17(15)21)10-18-7-11-3-12(8-18)5-13(4-11)9-18/h1-2,6,11-13,16H,3-5,7-10H2.